The summed E-state index contributed by atoms with van der Waals surface area (Å²) in [6.45, 7) is 0. The lowest BCUT2D eigenvalue weighted by atomic mass is 9.99. The van der Waals surface area contributed by atoms with E-state index in [0.29, 0.717) is 19.8 Å². The van der Waals surface area contributed by atoms with Gasteiger partial charge in [0.05, 0.1) is 33.3 Å². The Hall–Kier alpha value is -3.11. The summed E-state index contributed by atoms with van der Waals surface area (Å²) in [5.74, 6) is 0.854. The number of nitrogens with zero attached hydrogens (tertiary/aromatic N) is 2. The molecule has 0 aliphatic carbocycles. The predicted molar refractivity (Wildman–Crippen MR) is 131 cm³/mol. The maximum Gasteiger partial charge on any atom is 0.183 e. The summed E-state index contributed by atoms with van der Waals surface area (Å²) in [5.41, 5.74) is 3.75. The number of methoxy groups -OCH3 is 1. The van der Waals surface area contributed by atoms with Crippen LogP contribution in [-0.2, 0) is 0 Å². The number of Topliss-reactive ketones (excluding diaryl/α,β-unsaturated/α-hetero) is 1. The number of nitriles is 1. The molecule has 0 amide bonds. The van der Waals surface area contributed by atoms with Crippen LogP contribution in [-0.4, -0.2) is 23.6 Å². The third kappa shape index (κ3) is 4.86. The van der Waals surface area contributed by atoms with E-state index in [-0.39, 0.29) is 11.5 Å². The number of thioether (sulfide) groups is 1. The minimum absolute atomic E-state index is 0.0475. The number of ketones is 1. The Bertz CT molecular complexity index is 1300. The van der Waals surface area contributed by atoms with Gasteiger partial charge in [0.1, 0.15) is 16.8 Å². The average Bonchev–Trinajstić information content (AvgIpc) is 3.29. The molecule has 0 aliphatic heterocycles. The lowest BCUT2D eigenvalue weighted by Crippen LogP contribution is -2.02. The Morgan fingerprint density at radius 3 is 2.47 bits per heavy atom. The lowest BCUT2D eigenvalue weighted by Gasteiger charge is -2.13. The van der Waals surface area contributed by atoms with Gasteiger partial charge in [0.2, 0.25) is 0 Å². The first kappa shape index (κ1) is 22.1. The van der Waals surface area contributed by atoms with Crippen molar-refractivity contribution in [3.63, 3.8) is 0 Å². The molecule has 0 fully saturated rings. The van der Waals surface area contributed by atoms with Crippen LogP contribution >= 0.6 is 34.7 Å². The molecule has 4 nitrogen and oxygen atoms in total. The van der Waals surface area contributed by atoms with Crippen molar-refractivity contribution < 1.29 is 9.53 Å². The Morgan fingerprint density at radius 2 is 1.84 bits per heavy atom. The summed E-state index contributed by atoms with van der Waals surface area (Å²) >= 11 is 8.48. The molecule has 32 heavy (non-hydrogen) atoms. The van der Waals surface area contributed by atoms with E-state index in [2.05, 4.69) is 6.07 Å². The number of hydrogen-bond acceptors (Lipinski definition) is 6. The molecule has 0 aliphatic rings. The van der Waals surface area contributed by atoms with Crippen molar-refractivity contribution >= 4 is 40.5 Å². The number of carbonyl (C=O) groups excluding carboxylic acids is 1. The average molecular weight is 477 g/mol. The number of ether oxygens (including phenoxy) is 1. The molecule has 2 aromatic heterocycles. The highest BCUT2D eigenvalue weighted by molar-refractivity contribution is 8.00. The van der Waals surface area contributed by atoms with Crippen LogP contribution in [0.1, 0.15) is 15.2 Å². The third-order valence-corrected chi connectivity index (χ3v) is 7.00. The van der Waals surface area contributed by atoms with Gasteiger partial charge in [0.15, 0.2) is 5.78 Å². The van der Waals surface area contributed by atoms with Crippen LogP contribution in [0.15, 0.2) is 77.8 Å². The van der Waals surface area contributed by atoms with Crippen LogP contribution in [0.3, 0.4) is 0 Å². The van der Waals surface area contributed by atoms with Crippen molar-refractivity contribution in [1.29, 1.82) is 5.26 Å². The fraction of sp³-hybridized carbons (Fsp3) is 0.0800. The standard InChI is InChI=1S/C25H17ClN2O2S2/c1-30-18-9-7-16(8-10-18)19-13-21(17-5-3-2-4-6-17)28-25(20(19)14-27)31-15-22(29)23-11-12-24(26)32-23/h2-13H,15H2,1H3. The van der Waals surface area contributed by atoms with Crippen LogP contribution in [0.4, 0.5) is 0 Å². The zero-order valence-electron chi connectivity index (χ0n) is 17.0. The zero-order valence-corrected chi connectivity index (χ0v) is 19.4. The second-order valence-electron chi connectivity index (χ2n) is 6.76. The quantitative estimate of drug-likeness (QED) is 0.212. The van der Waals surface area contributed by atoms with E-state index in [9.17, 15) is 10.1 Å². The van der Waals surface area contributed by atoms with Gasteiger partial charge in [-0.3, -0.25) is 4.79 Å². The molecular weight excluding hydrogens is 460 g/mol. The van der Waals surface area contributed by atoms with E-state index in [0.717, 1.165) is 28.1 Å². The van der Waals surface area contributed by atoms with Gasteiger partial charge in [-0.15, -0.1) is 11.3 Å². The van der Waals surface area contributed by atoms with Crippen LogP contribution in [0, 0.1) is 11.3 Å². The molecule has 0 bridgehead atoms. The number of thiophene rings is 1. The van der Waals surface area contributed by atoms with Crippen molar-refractivity contribution in [3.8, 4) is 34.2 Å². The van der Waals surface area contributed by atoms with Crippen LogP contribution in [0.2, 0.25) is 4.34 Å². The van der Waals surface area contributed by atoms with Gasteiger partial charge < -0.3 is 4.74 Å². The van der Waals surface area contributed by atoms with Crippen LogP contribution < -0.4 is 4.74 Å². The number of pyridine rings is 1. The number of aromatic nitrogens is 1. The first-order valence-electron chi connectivity index (χ1n) is 9.65. The molecule has 2 aromatic carbocycles. The van der Waals surface area contributed by atoms with E-state index in [1.54, 1.807) is 19.2 Å². The summed E-state index contributed by atoms with van der Waals surface area (Å²) in [6.07, 6.45) is 0. The van der Waals surface area contributed by atoms with Gasteiger partial charge >= 0.3 is 0 Å². The van der Waals surface area contributed by atoms with Crippen LogP contribution in [0.25, 0.3) is 22.4 Å². The van der Waals surface area contributed by atoms with E-state index < -0.39 is 0 Å². The van der Waals surface area contributed by atoms with Gasteiger partial charge in [-0.25, -0.2) is 4.98 Å². The second kappa shape index (κ2) is 10.0. The monoisotopic (exact) mass is 476 g/mol. The fourth-order valence-corrected chi connectivity index (χ4v) is 5.12. The number of halogens is 1. The van der Waals surface area contributed by atoms with Crippen molar-refractivity contribution in [1.82, 2.24) is 4.98 Å². The van der Waals surface area contributed by atoms with Gasteiger partial charge in [-0.05, 0) is 35.9 Å². The van der Waals surface area contributed by atoms with Gasteiger partial charge in [0, 0.05) is 11.1 Å². The first-order chi connectivity index (χ1) is 15.6. The van der Waals surface area contributed by atoms with Crippen molar-refractivity contribution in [2.24, 2.45) is 0 Å². The minimum atomic E-state index is -0.0475. The fourth-order valence-electron chi connectivity index (χ4n) is 3.16. The van der Waals surface area contributed by atoms with E-state index in [4.69, 9.17) is 21.3 Å². The molecule has 0 unspecified atom stereocenters. The summed E-state index contributed by atoms with van der Waals surface area (Å²) in [7, 11) is 1.61. The molecule has 7 heteroatoms. The van der Waals surface area contributed by atoms with Crippen molar-refractivity contribution in [3.05, 3.63) is 87.6 Å². The molecule has 158 valence electrons. The molecule has 0 spiro atoms. The Kier molecular flexibility index (Phi) is 6.91. The largest absolute Gasteiger partial charge is 0.497 e. The summed E-state index contributed by atoms with van der Waals surface area (Å²) in [6, 6.07) is 25.0. The zero-order chi connectivity index (χ0) is 22.5. The second-order valence-corrected chi connectivity index (χ2v) is 9.44. The summed E-state index contributed by atoms with van der Waals surface area (Å²) < 4.78 is 5.83. The molecule has 0 atom stereocenters. The molecule has 0 radical (unpaired) electrons. The molecule has 4 aromatic rings. The lowest BCUT2D eigenvalue weighted by molar-refractivity contribution is 0.102. The van der Waals surface area contributed by atoms with E-state index >= 15 is 0 Å². The van der Waals surface area contributed by atoms with Gasteiger partial charge in [-0.2, -0.15) is 5.26 Å². The van der Waals surface area contributed by atoms with E-state index in [1.807, 2.05) is 60.7 Å². The smallest absolute Gasteiger partial charge is 0.183 e. The molecule has 4 rings (SSSR count). The summed E-state index contributed by atoms with van der Waals surface area (Å²) in [4.78, 5) is 18.0. The highest BCUT2D eigenvalue weighted by Gasteiger charge is 2.18. The number of benzene rings is 2. The SMILES string of the molecule is COc1ccc(-c2cc(-c3ccccc3)nc(SCC(=O)c3ccc(Cl)s3)c2C#N)cc1. The molecule has 0 saturated heterocycles. The normalized spacial score (nSPS) is 10.5. The number of carbonyl (C=O) groups is 1. The highest BCUT2D eigenvalue weighted by Crippen LogP contribution is 2.35. The Labute approximate surface area is 199 Å². The minimum Gasteiger partial charge on any atom is -0.497 e. The number of rotatable bonds is 7. The first-order valence-corrected chi connectivity index (χ1v) is 11.8. The molecule has 0 saturated carbocycles. The summed E-state index contributed by atoms with van der Waals surface area (Å²) in [5, 5.41) is 10.5. The number of hydrogen-bond donors (Lipinski definition) is 0. The maximum absolute atomic E-state index is 12.6. The van der Waals surface area contributed by atoms with Crippen LogP contribution in [0.5, 0.6) is 5.75 Å². The van der Waals surface area contributed by atoms with Crippen molar-refractivity contribution in [2.45, 2.75) is 5.03 Å². The molecule has 2 heterocycles. The van der Waals surface area contributed by atoms with Crippen molar-refractivity contribution in [2.75, 3.05) is 12.9 Å². The predicted octanol–water partition coefficient (Wildman–Crippen LogP) is 6.99. The topological polar surface area (TPSA) is 63.0 Å². The highest BCUT2D eigenvalue weighted by atomic mass is 35.5. The van der Waals surface area contributed by atoms with Gasteiger partial charge in [0.25, 0.3) is 0 Å². The molecular formula is C25H17ClN2O2S2. The third-order valence-electron chi connectivity index (χ3n) is 4.76. The molecule has 0 N–H and O–H groups in total. The van der Waals surface area contributed by atoms with Gasteiger partial charge in [-0.1, -0.05) is 65.8 Å². The van der Waals surface area contributed by atoms with E-state index in [1.165, 1.54) is 23.1 Å². The Morgan fingerprint density at radius 1 is 1.09 bits per heavy atom. The maximum atomic E-state index is 12.6. The Balaban J connectivity index is 1.76.